The predicted molar refractivity (Wildman–Crippen MR) is 55.7 cm³/mol. The minimum atomic E-state index is -0.995. The molecular formula is C9H8N2O2S. The minimum Gasteiger partial charge on any atom is -0.477 e. The van der Waals surface area contributed by atoms with Gasteiger partial charge in [-0.15, -0.1) is 11.3 Å². The third kappa shape index (κ3) is 1.13. The molecule has 0 spiro atoms. The summed E-state index contributed by atoms with van der Waals surface area (Å²) in [6, 6.07) is 1.82. The summed E-state index contributed by atoms with van der Waals surface area (Å²) in [6.07, 6.45) is 1.65. The van der Waals surface area contributed by atoms with Crippen LogP contribution in [-0.2, 0) is 0 Å². The van der Waals surface area contributed by atoms with E-state index in [2.05, 4.69) is 4.98 Å². The average Bonchev–Trinajstić information content (AvgIpc) is 2.45. The Balaban J connectivity index is 2.87. The van der Waals surface area contributed by atoms with Crippen molar-refractivity contribution in [3.63, 3.8) is 0 Å². The van der Waals surface area contributed by atoms with Gasteiger partial charge in [0.2, 0.25) is 0 Å². The summed E-state index contributed by atoms with van der Waals surface area (Å²) in [5.41, 5.74) is 7.01. The first-order valence-corrected chi connectivity index (χ1v) is 4.79. The summed E-state index contributed by atoms with van der Waals surface area (Å²) >= 11 is 1.11. The molecule has 0 aliphatic carbocycles. The molecule has 0 bridgehead atoms. The van der Waals surface area contributed by atoms with E-state index in [0.29, 0.717) is 10.5 Å². The second kappa shape index (κ2) is 2.95. The van der Waals surface area contributed by atoms with E-state index in [1.54, 1.807) is 6.20 Å². The number of carboxylic acid groups (broad SMARTS) is 1. The Bertz CT molecular complexity index is 519. The van der Waals surface area contributed by atoms with Gasteiger partial charge in [0.25, 0.3) is 0 Å². The molecule has 72 valence electrons. The summed E-state index contributed by atoms with van der Waals surface area (Å²) in [5.74, 6) is -0.995. The monoisotopic (exact) mass is 208 g/mol. The molecule has 0 atom stereocenters. The van der Waals surface area contributed by atoms with Gasteiger partial charge < -0.3 is 10.8 Å². The number of thiophene rings is 1. The maximum atomic E-state index is 10.8. The molecule has 0 radical (unpaired) electrons. The van der Waals surface area contributed by atoms with Gasteiger partial charge in [0.15, 0.2) is 0 Å². The summed E-state index contributed by atoms with van der Waals surface area (Å²) in [6.45, 7) is 1.89. The van der Waals surface area contributed by atoms with E-state index in [1.807, 2.05) is 13.0 Å². The number of rotatable bonds is 1. The number of aromatic nitrogens is 1. The molecule has 3 N–H and O–H groups in total. The molecule has 0 fully saturated rings. The van der Waals surface area contributed by atoms with Crippen molar-refractivity contribution in [3.05, 3.63) is 22.7 Å². The van der Waals surface area contributed by atoms with Crippen molar-refractivity contribution in [3.8, 4) is 0 Å². The van der Waals surface area contributed by atoms with E-state index in [4.69, 9.17) is 10.8 Å². The number of hydrogen-bond acceptors (Lipinski definition) is 4. The average molecular weight is 208 g/mol. The molecule has 2 heterocycles. The Hall–Kier alpha value is -1.62. The van der Waals surface area contributed by atoms with E-state index in [0.717, 1.165) is 22.3 Å². The van der Waals surface area contributed by atoms with Crippen molar-refractivity contribution >= 4 is 33.2 Å². The highest BCUT2D eigenvalue weighted by Crippen LogP contribution is 2.33. The first-order valence-electron chi connectivity index (χ1n) is 3.98. The van der Waals surface area contributed by atoms with Crippen LogP contribution in [0.25, 0.3) is 10.2 Å². The van der Waals surface area contributed by atoms with Gasteiger partial charge in [-0.2, -0.15) is 0 Å². The maximum absolute atomic E-state index is 10.8. The number of carbonyl (C=O) groups is 1. The molecule has 0 aliphatic heterocycles. The molecule has 0 amide bonds. The van der Waals surface area contributed by atoms with Gasteiger partial charge in [0.1, 0.15) is 9.71 Å². The van der Waals surface area contributed by atoms with Crippen molar-refractivity contribution in [2.75, 3.05) is 5.73 Å². The molecule has 0 aromatic carbocycles. The lowest BCUT2D eigenvalue weighted by Crippen LogP contribution is -1.97. The van der Waals surface area contributed by atoms with Crippen LogP contribution in [0.4, 0.5) is 5.69 Å². The fraction of sp³-hybridized carbons (Fsp3) is 0.111. The van der Waals surface area contributed by atoms with Crippen LogP contribution in [0, 0.1) is 6.92 Å². The summed E-state index contributed by atoms with van der Waals surface area (Å²) in [7, 11) is 0. The minimum absolute atomic E-state index is 0.168. The fourth-order valence-corrected chi connectivity index (χ4v) is 2.34. The first-order chi connectivity index (χ1) is 6.61. The Kier molecular flexibility index (Phi) is 1.89. The zero-order valence-electron chi connectivity index (χ0n) is 7.44. The number of nitrogens with zero attached hydrogens (tertiary/aromatic N) is 1. The predicted octanol–water partition coefficient (Wildman–Crippen LogP) is 1.89. The normalized spacial score (nSPS) is 10.6. The zero-order chi connectivity index (χ0) is 10.3. The number of aryl methyl sites for hydroxylation is 1. The maximum Gasteiger partial charge on any atom is 0.348 e. The second-order valence-corrected chi connectivity index (χ2v) is 3.96. The highest BCUT2D eigenvalue weighted by Gasteiger charge is 2.16. The fourth-order valence-electron chi connectivity index (χ4n) is 1.36. The molecule has 2 aromatic rings. The number of fused-ring (bicyclic) bond motifs is 1. The first kappa shape index (κ1) is 8.96. The molecular weight excluding hydrogens is 200 g/mol. The molecule has 5 heteroatoms. The van der Waals surface area contributed by atoms with Crippen molar-refractivity contribution < 1.29 is 9.90 Å². The smallest absolute Gasteiger partial charge is 0.348 e. The summed E-state index contributed by atoms with van der Waals surface area (Å²) in [5, 5.41) is 9.62. The van der Waals surface area contributed by atoms with Gasteiger partial charge in [0, 0.05) is 11.6 Å². The van der Waals surface area contributed by atoms with E-state index >= 15 is 0 Å². The highest BCUT2D eigenvalue weighted by atomic mass is 32.1. The Morgan fingerprint density at radius 3 is 2.93 bits per heavy atom. The van der Waals surface area contributed by atoms with Crippen LogP contribution in [0.3, 0.4) is 0 Å². The Morgan fingerprint density at radius 2 is 2.36 bits per heavy atom. The largest absolute Gasteiger partial charge is 0.477 e. The SMILES string of the molecule is Cc1ccnc2sc(C(=O)O)c(N)c12. The second-order valence-electron chi connectivity index (χ2n) is 2.96. The Morgan fingerprint density at radius 1 is 1.64 bits per heavy atom. The summed E-state index contributed by atoms with van der Waals surface area (Å²) < 4.78 is 0. The van der Waals surface area contributed by atoms with Gasteiger partial charge in [-0.05, 0) is 18.6 Å². The number of carboxylic acids is 1. The van der Waals surface area contributed by atoms with E-state index in [1.165, 1.54) is 0 Å². The third-order valence-electron chi connectivity index (χ3n) is 2.03. The van der Waals surface area contributed by atoms with Gasteiger partial charge in [-0.25, -0.2) is 9.78 Å². The van der Waals surface area contributed by atoms with Crippen LogP contribution in [0.2, 0.25) is 0 Å². The number of aromatic carboxylic acids is 1. The number of pyridine rings is 1. The van der Waals surface area contributed by atoms with Crippen LogP contribution in [-0.4, -0.2) is 16.1 Å². The molecule has 0 saturated heterocycles. The van der Waals surface area contributed by atoms with Crippen molar-refractivity contribution in [2.24, 2.45) is 0 Å². The quantitative estimate of drug-likeness (QED) is 0.750. The summed E-state index contributed by atoms with van der Waals surface area (Å²) in [4.78, 5) is 15.7. The van der Waals surface area contributed by atoms with Crippen LogP contribution >= 0.6 is 11.3 Å². The number of nitrogens with two attached hydrogens (primary N) is 1. The van der Waals surface area contributed by atoms with Crippen LogP contribution in [0.1, 0.15) is 15.2 Å². The molecule has 0 unspecified atom stereocenters. The molecule has 0 aliphatic rings. The third-order valence-corrected chi connectivity index (χ3v) is 3.13. The number of anilines is 1. The van der Waals surface area contributed by atoms with E-state index < -0.39 is 5.97 Å². The molecule has 0 saturated carbocycles. The zero-order valence-corrected chi connectivity index (χ0v) is 8.26. The highest BCUT2D eigenvalue weighted by molar-refractivity contribution is 7.21. The number of nitrogen functional groups attached to an aromatic ring is 1. The van der Waals surface area contributed by atoms with Gasteiger partial charge >= 0.3 is 5.97 Å². The van der Waals surface area contributed by atoms with E-state index in [9.17, 15) is 4.79 Å². The van der Waals surface area contributed by atoms with E-state index in [-0.39, 0.29) is 4.88 Å². The lowest BCUT2D eigenvalue weighted by molar-refractivity contribution is 0.0703. The van der Waals surface area contributed by atoms with Crippen molar-refractivity contribution in [1.82, 2.24) is 4.98 Å². The van der Waals surface area contributed by atoms with Crippen LogP contribution in [0.15, 0.2) is 12.3 Å². The molecule has 2 aromatic heterocycles. The van der Waals surface area contributed by atoms with Gasteiger partial charge in [-0.1, -0.05) is 0 Å². The van der Waals surface area contributed by atoms with Crippen molar-refractivity contribution in [1.29, 1.82) is 0 Å². The lowest BCUT2D eigenvalue weighted by Gasteiger charge is -1.95. The van der Waals surface area contributed by atoms with Crippen LogP contribution < -0.4 is 5.73 Å². The lowest BCUT2D eigenvalue weighted by atomic mass is 10.2. The standard InChI is InChI=1S/C9H8N2O2S/c1-4-2-3-11-8-5(4)6(10)7(14-8)9(12)13/h2-3H,10H2,1H3,(H,12,13). The Labute approximate surface area is 84.0 Å². The van der Waals surface area contributed by atoms with Crippen molar-refractivity contribution in [2.45, 2.75) is 6.92 Å². The topological polar surface area (TPSA) is 76.2 Å². The molecule has 14 heavy (non-hydrogen) atoms. The number of hydrogen-bond donors (Lipinski definition) is 2. The van der Waals surface area contributed by atoms with Crippen LogP contribution in [0.5, 0.6) is 0 Å². The van der Waals surface area contributed by atoms with Gasteiger partial charge in [0.05, 0.1) is 5.69 Å². The van der Waals surface area contributed by atoms with Gasteiger partial charge in [-0.3, -0.25) is 0 Å². The molecule has 2 rings (SSSR count). The molecule has 4 nitrogen and oxygen atoms in total.